The molecule has 2 heterocycles. The van der Waals surface area contributed by atoms with Crippen LogP contribution in [-0.4, -0.2) is 41.9 Å². The molecule has 0 saturated carbocycles. The molecule has 0 radical (unpaired) electrons. The molecule has 98 valence electrons. The molecule has 18 heavy (non-hydrogen) atoms. The SMILES string of the molecule is CCN(C)C.c1ccc2c3n(nc2c1)CCOC3. The van der Waals surface area contributed by atoms with Gasteiger partial charge in [-0.25, -0.2) is 0 Å². The summed E-state index contributed by atoms with van der Waals surface area (Å²) in [7, 11) is 4.11. The Balaban J connectivity index is 0.000000209. The van der Waals surface area contributed by atoms with Crippen molar-refractivity contribution < 1.29 is 4.74 Å². The van der Waals surface area contributed by atoms with Crippen molar-refractivity contribution in [2.24, 2.45) is 0 Å². The van der Waals surface area contributed by atoms with Gasteiger partial charge in [0, 0.05) is 5.39 Å². The predicted octanol–water partition coefficient (Wildman–Crippen LogP) is 2.13. The molecule has 0 N–H and O–H groups in total. The summed E-state index contributed by atoms with van der Waals surface area (Å²) in [4.78, 5) is 2.12. The van der Waals surface area contributed by atoms with Crippen molar-refractivity contribution in [3.05, 3.63) is 30.0 Å². The van der Waals surface area contributed by atoms with Gasteiger partial charge in [-0.15, -0.1) is 0 Å². The van der Waals surface area contributed by atoms with Crippen molar-refractivity contribution in [1.82, 2.24) is 14.7 Å². The Morgan fingerprint density at radius 1 is 1.33 bits per heavy atom. The van der Waals surface area contributed by atoms with Gasteiger partial charge in [-0.05, 0) is 26.7 Å². The molecule has 4 nitrogen and oxygen atoms in total. The first-order valence-corrected chi connectivity index (χ1v) is 6.39. The summed E-state index contributed by atoms with van der Waals surface area (Å²) in [5, 5.41) is 5.71. The number of nitrogens with zero attached hydrogens (tertiary/aromatic N) is 3. The molecule has 0 atom stereocenters. The van der Waals surface area contributed by atoms with Gasteiger partial charge in [0.25, 0.3) is 0 Å². The van der Waals surface area contributed by atoms with Gasteiger partial charge >= 0.3 is 0 Å². The molecule has 1 aromatic carbocycles. The Hall–Kier alpha value is -1.39. The Morgan fingerprint density at radius 3 is 2.78 bits per heavy atom. The summed E-state index contributed by atoms with van der Waals surface area (Å²) in [6.07, 6.45) is 0. The summed E-state index contributed by atoms with van der Waals surface area (Å²) in [6, 6.07) is 8.20. The van der Waals surface area contributed by atoms with Crippen molar-refractivity contribution in [3.63, 3.8) is 0 Å². The molecule has 0 spiro atoms. The highest BCUT2D eigenvalue weighted by Gasteiger charge is 2.13. The second-order valence-electron chi connectivity index (χ2n) is 4.64. The minimum absolute atomic E-state index is 0.695. The lowest BCUT2D eigenvalue weighted by atomic mass is 10.2. The molecule has 0 fully saturated rings. The minimum atomic E-state index is 0.695. The molecular formula is C14H21N3O. The molecule has 4 heteroatoms. The molecule has 3 rings (SSSR count). The van der Waals surface area contributed by atoms with E-state index >= 15 is 0 Å². The lowest BCUT2D eigenvalue weighted by molar-refractivity contribution is 0.0812. The normalized spacial score (nSPS) is 14.2. The molecule has 1 aliphatic rings. The molecule has 0 unspecified atom stereocenters. The monoisotopic (exact) mass is 247 g/mol. The van der Waals surface area contributed by atoms with Crippen molar-refractivity contribution in [2.45, 2.75) is 20.1 Å². The van der Waals surface area contributed by atoms with Crippen LogP contribution in [0, 0.1) is 0 Å². The molecule has 0 saturated heterocycles. The molecule has 0 aliphatic carbocycles. The van der Waals surface area contributed by atoms with Crippen LogP contribution in [0.3, 0.4) is 0 Å². The fourth-order valence-electron chi connectivity index (χ4n) is 1.79. The second kappa shape index (κ2) is 5.98. The number of rotatable bonds is 1. The highest BCUT2D eigenvalue weighted by atomic mass is 16.5. The first-order valence-electron chi connectivity index (χ1n) is 6.39. The highest BCUT2D eigenvalue weighted by Crippen LogP contribution is 2.20. The van der Waals surface area contributed by atoms with E-state index in [0.717, 1.165) is 25.2 Å². The lowest BCUT2D eigenvalue weighted by Gasteiger charge is -2.13. The van der Waals surface area contributed by atoms with Crippen molar-refractivity contribution >= 4 is 10.9 Å². The number of fused-ring (bicyclic) bond motifs is 3. The average molecular weight is 247 g/mol. The van der Waals surface area contributed by atoms with Gasteiger partial charge < -0.3 is 9.64 Å². The fraction of sp³-hybridized carbons (Fsp3) is 0.500. The van der Waals surface area contributed by atoms with Gasteiger partial charge in [0.2, 0.25) is 0 Å². The Morgan fingerprint density at radius 2 is 2.06 bits per heavy atom. The lowest BCUT2D eigenvalue weighted by Crippen LogP contribution is -2.16. The van der Waals surface area contributed by atoms with Crippen LogP contribution in [0.5, 0.6) is 0 Å². The molecule has 2 aromatic rings. The fourth-order valence-corrected chi connectivity index (χ4v) is 1.79. The third-order valence-electron chi connectivity index (χ3n) is 3.07. The van der Waals surface area contributed by atoms with Crippen LogP contribution in [0.15, 0.2) is 24.3 Å². The van der Waals surface area contributed by atoms with E-state index < -0.39 is 0 Å². The van der Waals surface area contributed by atoms with Crippen LogP contribution in [0.1, 0.15) is 12.6 Å². The number of benzene rings is 1. The van der Waals surface area contributed by atoms with Gasteiger partial charge in [0.1, 0.15) is 0 Å². The third-order valence-corrected chi connectivity index (χ3v) is 3.07. The predicted molar refractivity (Wildman–Crippen MR) is 73.6 cm³/mol. The summed E-state index contributed by atoms with van der Waals surface area (Å²) in [5.74, 6) is 0. The number of ether oxygens (including phenoxy) is 1. The first kappa shape index (κ1) is 13.1. The van der Waals surface area contributed by atoms with Crippen LogP contribution in [0.2, 0.25) is 0 Å². The summed E-state index contributed by atoms with van der Waals surface area (Å²) in [6.45, 7) is 5.62. The first-order chi connectivity index (χ1) is 8.72. The zero-order valence-corrected chi connectivity index (χ0v) is 11.4. The van der Waals surface area contributed by atoms with E-state index in [0.29, 0.717) is 6.61 Å². The van der Waals surface area contributed by atoms with Gasteiger partial charge in [-0.2, -0.15) is 5.10 Å². The number of hydrogen-bond acceptors (Lipinski definition) is 3. The van der Waals surface area contributed by atoms with Crippen molar-refractivity contribution in [2.75, 3.05) is 27.2 Å². The summed E-state index contributed by atoms with van der Waals surface area (Å²) < 4.78 is 7.45. The Kier molecular flexibility index (Phi) is 4.33. The van der Waals surface area contributed by atoms with Crippen LogP contribution >= 0.6 is 0 Å². The van der Waals surface area contributed by atoms with Crippen molar-refractivity contribution in [1.29, 1.82) is 0 Å². The van der Waals surface area contributed by atoms with E-state index in [9.17, 15) is 0 Å². The van der Waals surface area contributed by atoms with E-state index in [1.807, 2.05) is 22.9 Å². The smallest absolute Gasteiger partial charge is 0.0927 e. The standard InChI is InChI=1S/C10H10N2O.C4H11N/c1-2-4-9-8(3-1)10-7-13-6-5-12(10)11-9;1-4-5(2)3/h1-4H,5-7H2;4H2,1-3H3. The molecule has 1 aromatic heterocycles. The molecule has 0 bridgehead atoms. The maximum absolute atomic E-state index is 5.40. The van der Waals surface area contributed by atoms with Crippen LogP contribution in [-0.2, 0) is 17.9 Å². The average Bonchev–Trinajstić information content (AvgIpc) is 2.78. The van der Waals surface area contributed by atoms with Gasteiger partial charge in [-0.1, -0.05) is 25.1 Å². The number of hydrogen-bond donors (Lipinski definition) is 0. The maximum atomic E-state index is 5.40. The van der Waals surface area contributed by atoms with E-state index in [-0.39, 0.29) is 0 Å². The number of aromatic nitrogens is 2. The summed E-state index contributed by atoms with van der Waals surface area (Å²) >= 11 is 0. The molecule has 0 amide bonds. The van der Waals surface area contributed by atoms with Crippen LogP contribution in [0.4, 0.5) is 0 Å². The zero-order chi connectivity index (χ0) is 13.0. The third kappa shape index (κ3) is 2.89. The second-order valence-corrected chi connectivity index (χ2v) is 4.64. The van der Waals surface area contributed by atoms with E-state index in [1.165, 1.54) is 11.1 Å². The van der Waals surface area contributed by atoms with E-state index in [4.69, 9.17) is 4.74 Å². The largest absolute Gasteiger partial charge is 0.373 e. The Bertz CT molecular complexity index is 505. The van der Waals surface area contributed by atoms with Gasteiger partial charge in [0.05, 0.1) is 31.0 Å². The summed E-state index contributed by atoms with van der Waals surface area (Å²) in [5.41, 5.74) is 2.28. The van der Waals surface area contributed by atoms with Gasteiger partial charge in [-0.3, -0.25) is 4.68 Å². The van der Waals surface area contributed by atoms with Crippen LogP contribution in [0.25, 0.3) is 10.9 Å². The van der Waals surface area contributed by atoms with Crippen molar-refractivity contribution in [3.8, 4) is 0 Å². The minimum Gasteiger partial charge on any atom is -0.373 e. The van der Waals surface area contributed by atoms with Gasteiger partial charge in [0.15, 0.2) is 0 Å². The van der Waals surface area contributed by atoms with E-state index in [2.05, 4.69) is 37.1 Å². The zero-order valence-electron chi connectivity index (χ0n) is 11.4. The quantitative estimate of drug-likeness (QED) is 0.773. The maximum Gasteiger partial charge on any atom is 0.0927 e. The molecule has 1 aliphatic heterocycles. The highest BCUT2D eigenvalue weighted by molar-refractivity contribution is 5.81. The Labute approximate surface area is 108 Å². The topological polar surface area (TPSA) is 30.3 Å². The van der Waals surface area contributed by atoms with E-state index in [1.54, 1.807) is 0 Å². The van der Waals surface area contributed by atoms with Crippen LogP contribution < -0.4 is 0 Å². The molecular weight excluding hydrogens is 226 g/mol.